The van der Waals surface area contributed by atoms with Crippen LogP contribution in [0.3, 0.4) is 0 Å². The Morgan fingerprint density at radius 3 is 2.40 bits per heavy atom. The third-order valence-corrected chi connectivity index (χ3v) is 3.36. The summed E-state index contributed by atoms with van der Waals surface area (Å²) >= 11 is 0. The third kappa shape index (κ3) is 2.26. The molecule has 1 atom stereocenters. The minimum Gasteiger partial charge on any atom is -0.258 e. The Hall–Kier alpha value is -2.68. The first-order chi connectivity index (χ1) is 9.45. The zero-order valence-corrected chi connectivity index (χ0v) is 11.5. The second kappa shape index (κ2) is 5.13. The zero-order valence-electron chi connectivity index (χ0n) is 11.5. The number of hydrogen-bond acceptors (Lipinski definition) is 4. The van der Waals surface area contributed by atoms with Gasteiger partial charge in [0, 0.05) is 0 Å². The van der Waals surface area contributed by atoms with Crippen molar-refractivity contribution in [2.75, 3.05) is 0 Å². The van der Waals surface area contributed by atoms with Gasteiger partial charge >= 0.3 is 5.69 Å². The van der Waals surface area contributed by atoms with Crippen LogP contribution in [-0.2, 0) is 0 Å². The first kappa shape index (κ1) is 13.7. The van der Waals surface area contributed by atoms with Crippen LogP contribution in [-0.4, -0.2) is 14.7 Å². The average Bonchev–Trinajstić information content (AvgIpc) is 2.73. The fourth-order valence-corrected chi connectivity index (χ4v) is 2.27. The van der Waals surface area contributed by atoms with Crippen molar-refractivity contribution in [2.24, 2.45) is 0 Å². The highest BCUT2D eigenvalue weighted by molar-refractivity contribution is 5.41. The van der Waals surface area contributed by atoms with Crippen LogP contribution in [0.25, 0.3) is 0 Å². The molecule has 1 unspecified atom stereocenters. The number of nitrogens with zero attached hydrogens (tertiary/aromatic N) is 4. The van der Waals surface area contributed by atoms with Gasteiger partial charge < -0.3 is 0 Å². The SMILES string of the molecule is Cc1nn(C(C)c2ccc(C#N)cc2)c(C)c1[N+](=O)[O-]. The molecular weight excluding hydrogens is 256 g/mol. The summed E-state index contributed by atoms with van der Waals surface area (Å²) in [4.78, 5) is 10.6. The molecule has 6 heteroatoms. The molecule has 0 aliphatic rings. The molecule has 0 amide bonds. The summed E-state index contributed by atoms with van der Waals surface area (Å²) in [5.41, 5.74) is 2.53. The summed E-state index contributed by atoms with van der Waals surface area (Å²) in [5.74, 6) is 0. The summed E-state index contributed by atoms with van der Waals surface area (Å²) in [5, 5.41) is 24.1. The van der Waals surface area contributed by atoms with Crippen LogP contribution in [0.2, 0.25) is 0 Å². The zero-order chi connectivity index (χ0) is 14.9. The van der Waals surface area contributed by atoms with Crippen molar-refractivity contribution < 1.29 is 4.92 Å². The van der Waals surface area contributed by atoms with Crippen LogP contribution in [0.1, 0.15) is 35.5 Å². The van der Waals surface area contributed by atoms with Gasteiger partial charge in [0.2, 0.25) is 0 Å². The van der Waals surface area contributed by atoms with Gasteiger partial charge in [-0.1, -0.05) is 12.1 Å². The molecule has 0 bridgehead atoms. The van der Waals surface area contributed by atoms with E-state index in [1.165, 1.54) is 0 Å². The number of nitro groups is 1. The van der Waals surface area contributed by atoms with Crippen molar-refractivity contribution in [3.63, 3.8) is 0 Å². The van der Waals surface area contributed by atoms with Crippen LogP contribution in [0.15, 0.2) is 24.3 Å². The molecule has 20 heavy (non-hydrogen) atoms. The van der Waals surface area contributed by atoms with Crippen molar-refractivity contribution in [1.82, 2.24) is 9.78 Å². The topological polar surface area (TPSA) is 84.8 Å². The Morgan fingerprint density at radius 2 is 1.95 bits per heavy atom. The molecule has 1 aromatic carbocycles. The lowest BCUT2D eigenvalue weighted by atomic mass is 10.1. The van der Waals surface area contributed by atoms with E-state index in [9.17, 15) is 10.1 Å². The first-order valence-corrected chi connectivity index (χ1v) is 6.16. The average molecular weight is 270 g/mol. The minimum atomic E-state index is -0.403. The largest absolute Gasteiger partial charge is 0.312 e. The Bertz CT molecular complexity index is 695. The monoisotopic (exact) mass is 270 g/mol. The van der Waals surface area contributed by atoms with Crippen molar-refractivity contribution in [1.29, 1.82) is 5.26 Å². The molecular formula is C14H14N4O2. The lowest BCUT2D eigenvalue weighted by Crippen LogP contribution is -2.10. The molecule has 102 valence electrons. The molecule has 2 aromatic rings. The van der Waals surface area contributed by atoms with E-state index in [0.717, 1.165) is 5.56 Å². The predicted molar refractivity (Wildman–Crippen MR) is 73.3 cm³/mol. The van der Waals surface area contributed by atoms with Crippen LogP contribution in [0.4, 0.5) is 5.69 Å². The Kier molecular flexibility index (Phi) is 3.53. The van der Waals surface area contributed by atoms with Crippen LogP contribution in [0.5, 0.6) is 0 Å². The highest BCUT2D eigenvalue weighted by Crippen LogP contribution is 2.27. The number of rotatable bonds is 3. The Labute approximate surface area is 116 Å². The molecule has 6 nitrogen and oxygen atoms in total. The molecule has 0 saturated heterocycles. The van der Waals surface area contributed by atoms with Crippen LogP contribution in [0, 0.1) is 35.3 Å². The number of aromatic nitrogens is 2. The molecule has 0 N–H and O–H groups in total. The molecule has 2 rings (SSSR count). The number of aryl methyl sites for hydroxylation is 1. The van der Waals surface area contributed by atoms with Gasteiger partial charge in [0.05, 0.1) is 22.6 Å². The van der Waals surface area contributed by atoms with Gasteiger partial charge in [-0.25, -0.2) is 0 Å². The van der Waals surface area contributed by atoms with E-state index in [1.54, 1.807) is 30.7 Å². The van der Waals surface area contributed by atoms with Crippen molar-refractivity contribution >= 4 is 5.69 Å². The fourth-order valence-electron chi connectivity index (χ4n) is 2.27. The summed E-state index contributed by atoms with van der Waals surface area (Å²) in [7, 11) is 0. The molecule has 0 saturated carbocycles. The normalized spacial score (nSPS) is 11.9. The highest BCUT2D eigenvalue weighted by atomic mass is 16.6. The summed E-state index contributed by atoms with van der Waals surface area (Å²) in [6, 6.07) is 9.06. The molecule has 1 aromatic heterocycles. The van der Waals surface area contributed by atoms with Crippen molar-refractivity contribution in [2.45, 2.75) is 26.8 Å². The van der Waals surface area contributed by atoms with Gasteiger partial charge in [0.1, 0.15) is 11.4 Å². The van der Waals surface area contributed by atoms with Gasteiger partial charge in [-0.05, 0) is 38.5 Å². The Morgan fingerprint density at radius 1 is 1.35 bits per heavy atom. The maximum Gasteiger partial charge on any atom is 0.312 e. The summed E-state index contributed by atoms with van der Waals surface area (Å²) in [6.07, 6.45) is 0. The second-order valence-electron chi connectivity index (χ2n) is 4.63. The summed E-state index contributed by atoms with van der Waals surface area (Å²) in [6.45, 7) is 5.25. The lowest BCUT2D eigenvalue weighted by molar-refractivity contribution is -0.386. The number of benzene rings is 1. The Balaban J connectivity index is 2.43. The van der Waals surface area contributed by atoms with Gasteiger partial charge in [0.15, 0.2) is 0 Å². The van der Waals surface area contributed by atoms with Crippen molar-refractivity contribution in [3.05, 3.63) is 56.9 Å². The maximum absolute atomic E-state index is 11.0. The molecule has 0 fully saturated rings. The number of nitriles is 1. The first-order valence-electron chi connectivity index (χ1n) is 6.16. The van der Waals surface area contributed by atoms with Crippen LogP contribution < -0.4 is 0 Å². The third-order valence-electron chi connectivity index (χ3n) is 3.36. The molecule has 0 spiro atoms. The molecule has 1 heterocycles. The predicted octanol–water partition coefficient (Wildman–Crippen LogP) is 2.89. The van der Waals surface area contributed by atoms with E-state index in [1.807, 2.05) is 19.1 Å². The molecule has 0 aliphatic carbocycles. The standard InChI is InChI=1S/C14H14N4O2/c1-9-14(18(19)20)11(3)17(16-9)10(2)13-6-4-12(8-15)5-7-13/h4-7,10H,1-3H3. The van der Waals surface area contributed by atoms with E-state index in [0.29, 0.717) is 17.0 Å². The van der Waals surface area contributed by atoms with E-state index in [4.69, 9.17) is 5.26 Å². The lowest BCUT2D eigenvalue weighted by Gasteiger charge is -2.14. The van der Waals surface area contributed by atoms with Gasteiger partial charge in [-0.3, -0.25) is 14.8 Å². The van der Waals surface area contributed by atoms with Crippen molar-refractivity contribution in [3.8, 4) is 6.07 Å². The van der Waals surface area contributed by atoms with Gasteiger partial charge in [0.25, 0.3) is 0 Å². The minimum absolute atomic E-state index is 0.0606. The number of hydrogen-bond donors (Lipinski definition) is 0. The molecule has 0 aliphatic heterocycles. The fraction of sp³-hybridized carbons (Fsp3) is 0.286. The van der Waals surface area contributed by atoms with Gasteiger partial charge in [-0.15, -0.1) is 0 Å². The maximum atomic E-state index is 11.0. The van der Waals surface area contributed by atoms with Crippen LogP contribution >= 0.6 is 0 Å². The smallest absolute Gasteiger partial charge is 0.258 e. The van der Waals surface area contributed by atoms with Gasteiger partial charge in [-0.2, -0.15) is 10.4 Å². The van der Waals surface area contributed by atoms with E-state index < -0.39 is 4.92 Å². The summed E-state index contributed by atoms with van der Waals surface area (Å²) < 4.78 is 1.65. The van der Waals surface area contributed by atoms with E-state index >= 15 is 0 Å². The van der Waals surface area contributed by atoms with E-state index in [-0.39, 0.29) is 11.7 Å². The second-order valence-corrected chi connectivity index (χ2v) is 4.63. The van der Waals surface area contributed by atoms with E-state index in [2.05, 4.69) is 11.2 Å². The highest BCUT2D eigenvalue weighted by Gasteiger charge is 2.24. The quantitative estimate of drug-likeness (QED) is 0.634. The molecule has 0 radical (unpaired) electrons.